The van der Waals surface area contributed by atoms with E-state index in [1.165, 1.54) is 0 Å². The van der Waals surface area contributed by atoms with E-state index in [0.717, 1.165) is 30.8 Å². The molecule has 0 bridgehead atoms. The first kappa shape index (κ1) is 27.6. The lowest BCUT2D eigenvalue weighted by molar-refractivity contribution is -0.153. The van der Waals surface area contributed by atoms with E-state index in [2.05, 4.69) is 15.0 Å². The molecule has 2 aliphatic heterocycles. The maximum Gasteiger partial charge on any atom is 0.422 e. The summed E-state index contributed by atoms with van der Waals surface area (Å²) < 4.78 is 120. The third-order valence-electron chi connectivity index (χ3n) is 6.78. The fourth-order valence-corrected chi connectivity index (χ4v) is 5.46. The molecular weight excluding hydrogens is 564 g/mol. The molecule has 2 atom stereocenters. The van der Waals surface area contributed by atoms with Crippen molar-refractivity contribution in [2.45, 2.75) is 43.3 Å². The number of benzene rings is 1. The van der Waals surface area contributed by atoms with Gasteiger partial charge in [-0.25, -0.2) is 8.78 Å². The Morgan fingerprint density at radius 1 is 1.10 bits per heavy atom. The predicted octanol–water partition coefficient (Wildman–Crippen LogP) is 6.40. The average molecular weight is 583 g/mol. The summed E-state index contributed by atoms with van der Waals surface area (Å²) in [4.78, 5) is 13.4. The molecule has 1 aromatic carbocycles. The van der Waals surface area contributed by atoms with Gasteiger partial charge in [-0.3, -0.25) is 9.88 Å². The molecule has 0 radical (unpaired) electrons. The first-order valence-corrected chi connectivity index (χ1v) is 12.1. The van der Waals surface area contributed by atoms with Gasteiger partial charge in [0.2, 0.25) is 5.88 Å². The summed E-state index contributed by atoms with van der Waals surface area (Å²) in [5, 5.41) is -1.13. The zero-order valence-electron chi connectivity index (χ0n) is 19.8. The van der Waals surface area contributed by atoms with Crippen LogP contribution in [0, 0.1) is 5.82 Å². The number of halogens is 9. The molecule has 2 fully saturated rings. The number of ether oxygens (including phenoxy) is 2. The van der Waals surface area contributed by atoms with Crippen molar-refractivity contribution in [2.75, 3.05) is 26.3 Å². The van der Waals surface area contributed by atoms with Gasteiger partial charge in [0.1, 0.15) is 24.0 Å². The Morgan fingerprint density at radius 2 is 1.87 bits per heavy atom. The number of hydrogen-bond donors (Lipinski definition) is 0. The van der Waals surface area contributed by atoms with Crippen LogP contribution in [0.25, 0.3) is 22.2 Å². The van der Waals surface area contributed by atoms with E-state index in [9.17, 15) is 30.7 Å². The van der Waals surface area contributed by atoms with Gasteiger partial charge in [-0.05, 0) is 25.5 Å². The molecule has 3 aromatic rings. The van der Waals surface area contributed by atoms with Gasteiger partial charge in [0.25, 0.3) is 0 Å². The van der Waals surface area contributed by atoms with Crippen LogP contribution in [0.4, 0.5) is 35.1 Å². The zero-order chi connectivity index (χ0) is 28.2. The van der Waals surface area contributed by atoms with Gasteiger partial charge in [0, 0.05) is 24.7 Å². The lowest BCUT2D eigenvalue weighted by atomic mass is 9.95. The number of alkyl halides is 7. The second-order valence-corrected chi connectivity index (χ2v) is 9.83. The first-order valence-electron chi connectivity index (χ1n) is 11.7. The molecule has 0 N–H and O–H groups in total. The number of nitrogens with zero attached hydrogens (tertiary/aromatic N) is 4. The molecule has 2 saturated heterocycles. The van der Waals surface area contributed by atoms with Gasteiger partial charge >= 0.3 is 18.4 Å². The highest BCUT2D eigenvalue weighted by atomic mass is 35.5. The summed E-state index contributed by atoms with van der Waals surface area (Å²) in [6.45, 7) is -1.10. The minimum Gasteiger partial charge on any atom is -0.467 e. The van der Waals surface area contributed by atoms with Crippen molar-refractivity contribution in [1.29, 1.82) is 0 Å². The van der Waals surface area contributed by atoms with Crippen molar-refractivity contribution in [3.8, 4) is 23.1 Å². The number of fused-ring (bicyclic) bond motifs is 2. The lowest BCUT2D eigenvalue weighted by Crippen LogP contribution is -2.43. The SMILES string of the molecule is Fc1c(-c2cccc(Cl)c2C(F)(F)F)ncc2c(OCC(F)(F)F)nc(OC[C@@]34CCCN3C[C@H](F)C4)nc12. The molecule has 39 heavy (non-hydrogen) atoms. The van der Waals surface area contributed by atoms with Crippen molar-refractivity contribution in [3.05, 3.63) is 40.8 Å². The van der Waals surface area contributed by atoms with Crippen molar-refractivity contribution < 1.29 is 44.6 Å². The van der Waals surface area contributed by atoms with Gasteiger partial charge < -0.3 is 9.47 Å². The zero-order valence-corrected chi connectivity index (χ0v) is 20.6. The number of rotatable bonds is 6. The van der Waals surface area contributed by atoms with E-state index in [0.29, 0.717) is 13.0 Å². The Hall–Kier alpha value is -3.00. The fourth-order valence-electron chi connectivity index (χ4n) is 5.18. The largest absolute Gasteiger partial charge is 0.467 e. The molecule has 0 spiro atoms. The summed E-state index contributed by atoms with van der Waals surface area (Å²) >= 11 is 5.75. The van der Waals surface area contributed by atoms with Gasteiger partial charge in [0.05, 0.1) is 21.5 Å². The summed E-state index contributed by atoms with van der Waals surface area (Å²) in [5.41, 5.74) is -4.20. The molecule has 2 aromatic heterocycles. The van der Waals surface area contributed by atoms with Crippen LogP contribution in [0.15, 0.2) is 24.4 Å². The lowest BCUT2D eigenvalue weighted by Gasteiger charge is -2.30. The van der Waals surface area contributed by atoms with Crippen LogP contribution in [0.5, 0.6) is 11.9 Å². The van der Waals surface area contributed by atoms with Crippen molar-refractivity contribution in [3.63, 3.8) is 0 Å². The Balaban J connectivity index is 1.59. The Bertz CT molecular complexity index is 1400. The van der Waals surface area contributed by atoms with Crippen LogP contribution in [0.2, 0.25) is 5.02 Å². The van der Waals surface area contributed by atoms with Crippen LogP contribution in [-0.2, 0) is 6.18 Å². The van der Waals surface area contributed by atoms with Gasteiger partial charge in [-0.15, -0.1) is 0 Å². The minimum absolute atomic E-state index is 0.135. The highest BCUT2D eigenvalue weighted by molar-refractivity contribution is 6.31. The van der Waals surface area contributed by atoms with Gasteiger partial charge in [-0.2, -0.15) is 36.3 Å². The molecule has 15 heteroatoms. The van der Waals surface area contributed by atoms with Gasteiger partial charge in [0.15, 0.2) is 12.4 Å². The Kier molecular flexibility index (Phi) is 6.98. The monoisotopic (exact) mass is 582 g/mol. The van der Waals surface area contributed by atoms with E-state index < -0.39 is 81.1 Å². The number of hydrogen-bond acceptors (Lipinski definition) is 6. The average Bonchev–Trinajstić information content (AvgIpc) is 3.36. The summed E-state index contributed by atoms with van der Waals surface area (Å²) in [6.07, 6.45) is -8.50. The molecule has 0 amide bonds. The molecule has 0 saturated carbocycles. The third-order valence-corrected chi connectivity index (χ3v) is 7.10. The molecule has 6 nitrogen and oxygen atoms in total. The van der Waals surface area contributed by atoms with E-state index in [1.54, 1.807) is 0 Å². The van der Waals surface area contributed by atoms with Crippen LogP contribution < -0.4 is 9.47 Å². The standard InChI is InChI=1S/C24H19ClF8N4O2/c25-15-4-1-3-13(16(15)24(31,32)33)18-17(27)19-14(8-34-18)20(38-11-23(28,29)30)36-21(35-19)39-10-22-5-2-6-37(22)9-12(26)7-22/h1,3-4,8,12H,2,5-7,9-11H2/t12-,22+/m1/s1. The van der Waals surface area contributed by atoms with Gasteiger partial charge in [-0.1, -0.05) is 23.7 Å². The summed E-state index contributed by atoms with van der Waals surface area (Å²) in [6, 6.07) is 2.51. The molecule has 2 aliphatic rings. The van der Waals surface area contributed by atoms with Crippen molar-refractivity contribution in [2.24, 2.45) is 0 Å². The van der Waals surface area contributed by atoms with E-state index in [1.807, 2.05) is 4.90 Å². The first-order chi connectivity index (χ1) is 18.3. The van der Waals surface area contributed by atoms with E-state index >= 15 is 4.39 Å². The predicted molar refractivity (Wildman–Crippen MR) is 123 cm³/mol. The second kappa shape index (κ2) is 9.88. The molecule has 0 aliphatic carbocycles. The normalized spacial score (nSPS) is 21.9. The maximum absolute atomic E-state index is 15.7. The summed E-state index contributed by atoms with van der Waals surface area (Å²) in [7, 11) is 0. The number of aromatic nitrogens is 3. The Morgan fingerprint density at radius 3 is 2.59 bits per heavy atom. The van der Waals surface area contributed by atoms with Crippen LogP contribution >= 0.6 is 11.6 Å². The molecular formula is C24H19ClF8N4O2. The smallest absolute Gasteiger partial charge is 0.422 e. The third kappa shape index (κ3) is 5.40. The van der Waals surface area contributed by atoms with E-state index in [4.69, 9.17) is 21.1 Å². The van der Waals surface area contributed by atoms with Crippen molar-refractivity contribution in [1.82, 2.24) is 19.9 Å². The fraction of sp³-hybridized carbons (Fsp3) is 0.458. The highest BCUT2D eigenvalue weighted by Gasteiger charge is 2.49. The van der Waals surface area contributed by atoms with Crippen LogP contribution in [-0.4, -0.2) is 64.0 Å². The highest BCUT2D eigenvalue weighted by Crippen LogP contribution is 2.43. The second-order valence-electron chi connectivity index (χ2n) is 9.42. The van der Waals surface area contributed by atoms with Crippen LogP contribution in [0.3, 0.4) is 0 Å². The van der Waals surface area contributed by atoms with E-state index in [-0.39, 0.29) is 19.6 Å². The summed E-state index contributed by atoms with van der Waals surface area (Å²) in [5.74, 6) is -2.11. The minimum atomic E-state index is -4.97. The molecule has 210 valence electrons. The molecule has 0 unspecified atom stereocenters. The van der Waals surface area contributed by atoms with Crippen molar-refractivity contribution >= 4 is 22.5 Å². The topological polar surface area (TPSA) is 60.4 Å². The Labute approximate surface area is 220 Å². The van der Waals surface area contributed by atoms with Crippen LogP contribution in [0.1, 0.15) is 24.8 Å². The molecule has 5 rings (SSSR count). The quantitative estimate of drug-likeness (QED) is 0.314. The maximum atomic E-state index is 15.7. The number of pyridine rings is 1. The molecule has 4 heterocycles.